The van der Waals surface area contributed by atoms with E-state index in [0.717, 1.165) is 32.5 Å². The molecular formula is C17H24N2O3. The molecule has 1 heterocycles. The first-order valence-electron chi connectivity index (χ1n) is 7.97. The van der Waals surface area contributed by atoms with Crippen LogP contribution in [0.25, 0.3) is 0 Å². The lowest BCUT2D eigenvalue weighted by atomic mass is 10.0. The summed E-state index contributed by atoms with van der Waals surface area (Å²) in [6.45, 7) is 5.29. The molecule has 1 amide bonds. The number of aromatic carboxylic acids is 1. The van der Waals surface area contributed by atoms with Gasteiger partial charge in [0.25, 0.3) is 5.91 Å². The van der Waals surface area contributed by atoms with Crippen molar-refractivity contribution in [3.8, 4) is 0 Å². The Hall–Kier alpha value is -1.88. The number of unbranched alkanes of at least 4 members (excludes halogenated alkanes) is 1. The minimum atomic E-state index is -1.07. The summed E-state index contributed by atoms with van der Waals surface area (Å²) >= 11 is 0. The van der Waals surface area contributed by atoms with Crippen LogP contribution in [0.1, 0.15) is 53.3 Å². The Labute approximate surface area is 131 Å². The molecule has 0 unspecified atom stereocenters. The molecular weight excluding hydrogens is 280 g/mol. The first-order valence-corrected chi connectivity index (χ1v) is 7.97. The minimum absolute atomic E-state index is 0.0559. The predicted molar refractivity (Wildman–Crippen MR) is 85.2 cm³/mol. The number of rotatable bonds is 6. The molecule has 0 spiro atoms. The fraction of sp³-hybridized carbons (Fsp3) is 0.529. The van der Waals surface area contributed by atoms with E-state index in [1.807, 2.05) is 0 Å². The van der Waals surface area contributed by atoms with Gasteiger partial charge in [-0.05, 0) is 37.9 Å². The topological polar surface area (TPSA) is 69.6 Å². The molecule has 2 N–H and O–H groups in total. The van der Waals surface area contributed by atoms with Crippen LogP contribution in [0.15, 0.2) is 24.3 Å². The van der Waals surface area contributed by atoms with Gasteiger partial charge < -0.3 is 15.3 Å². The molecule has 0 atom stereocenters. The van der Waals surface area contributed by atoms with Gasteiger partial charge in [0.2, 0.25) is 0 Å². The van der Waals surface area contributed by atoms with Crippen LogP contribution in [0.5, 0.6) is 0 Å². The van der Waals surface area contributed by atoms with E-state index in [1.54, 1.807) is 18.2 Å². The number of carboxylic acid groups (broad SMARTS) is 1. The lowest BCUT2D eigenvalue weighted by molar-refractivity contribution is 0.0689. The predicted octanol–water partition coefficient (Wildman–Crippen LogP) is 2.38. The van der Waals surface area contributed by atoms with Crippen LogP contribution in [-0.4, -0.2) is 47.6 Å². The summed E-state index contributed by atoms with van der Waals surface area (Å²) in [5.41, 5.74) is 0.295. The van der Waals surface area contributed by atoms with Crippen molar-refractivity contribution in [2.75, 3.05) is 19.6 Å². The molecule has 1 saturated heterocycles. The molecule has 5 heteroatoms. The van der Waals surface area contributed by atoms with Gasteiger partial charge in [-0.15, -0.1) is 0 Å². The summed E-state index contributed by atoms with van der Waals surface area (Å²) in [7, 11) is 0. The summed E-state index contributed by atoms with van der Waals surface area (Å²) in [5, 5.41) is 12.1. The number of hydrogen-bond donors (Lipinski definition) is 2. The van der Waals surface area contributed by atoms with Crippen molar-refractivity contribution in [3.63, 3.8) is 0 Å². The molecule has 0 aromatic heterocycles. The molecule has 0 bridgehead atoms. The highest BCUT2D eigenvalue weighted by Gasteiger charge is 2.22. The van der Waals surface area contributed by atoms with Gasteiger partial charge in [-0.25, -0.2) is 4.79 Å². The molecule has 120 valence electrons. The van der Waals surface area contributed by atoms with Gasteiger partial charge in [0.05, 0.1) is 11.1 Å². The Morgan fingerprint density at radius 1 is 1.23 bits per heavy atom. The van der Waals surface area contributed by atoms with Crippen LogP contribution in [0.2, 0.25) is 0 Å². The van der Waals surface area contributed by atoms with E-state index in [9.17, 15) is 9.59 Å². The molecule has 0 aliphatic carbocycles. The van der Waals surface area contributed by atoms with E-state index in [1.165, 1.54) is 18.9 Å². The van der Waals surface area contributed by atoms with Crippen LogP contribution in [0, 0.1) is 0 Å². The summed E-state index contributed by atoms with van der Waals surface area (Å²) in [6.07, 6.45) is 4.25. The van der Waals surface area contributed by atoms with Crippen molar-refractivity contribution in [1.82, 2.24) is 10.2 Å². The zero-order valence-corrected chi connectivity index (χ0v) is 13.0. The highest BCUT2D eigenvalue weighted by molar-refractivity contribution is 6.04. The Kier molecular flexibility index (Phi) is 5.95. The van der Waals surface area contributed by atoms with Crippen LogP contribution >= 0.6 is 0 Å². The summed E-state index contributed by atoms with van der Waals surface area (Å²) in [5.74, 6) is -1.36. The summed E-state index contributed by atoms with van der Waals surface area (Å²) in [4.78, 5) is 25.9. The van der Waals surface area contributed by atoms with Gasteiger partial charge in [0, 0.05) is 19.1 Å². The summed E-state index contributed by atoms with van der Waals surface area (Å²) in [6, 6.07) is 6.48. The van der Waals surface area contributed by atoms with Crippen molar-refractivity contribution in [1.29, 1.82) is 0 Å². The molecule has 0 saturated carbocycles. The smallest absolute Gasteiger partial charge is 0.336 e. The van der Waals surface area contributed by atoms with Gasteiger partial charge in [0.15, 0.2) is 0 Å². The maximum atomic E-state index is 12.3. The fourth-order valence-electron chi connectivity index (χ4n) is 2.81. The van der Waals surface area contributed by atoms with E-state index >= 15 is 0 Å². The van der Waals surface area contributed by atoms with Crippen LogP contribution < -0.4 is 5.32 Å². The Morgan fingerprint density at radius 2 is 1.86 bits per heavy atom. The lowest BCUT2D eigenvalue weighted by Gasteiger charge is -2.32. The number of likely N-dealkylation sites (tertiary alicyclic amines) is 1. The SMILES string of the molecule is CCCCN1CCC(NC(=O)c2ccccc2C(=O)O)CC1. The second-order valence-corrected chi connectivity index (χ2v) is 5.79. The third-order valence-electron chi connectivity index (χ3n) is 4.15. The van der Waals surface area contributed by atoms with Crippen molar-refractivity contribution >= 4 is 11.9 Å². The minimum Gasteiger partial charge on any atom is -0.478 e. The lowest BCUT2D eigenvalue weighted by Crippen LogP contribution is -2.45. The highest BCUT2D eigenvalue weighted by Crippen LogP contribution is 2.14. The maximum Gasteiger partial charge on any atom is 0.336 e. The molecule has 1 aliphatic rings. The van der Waals surface area contributed by atoms with Gasteiger partial charge in [0.1, 0.15) is 0 Å². The summed E-state index contributed by atoms with van der Waals surface area (Å²) < 4.78 is 0. The first-order chi connectivity index (χ1) is 10.6. The normalized spacial score (nSPS) is 16.4. The number of benzene rings is 1. The molecule has 1 aromatic rings. The maximum absolute atomic E-state index is 12.3. The largest absolute Gasteiger partial charge is 0.478 e. The van der Waals surface area contributed by atoms with Gasteiger partial charge in [-0.3, -0.25) is 4.79 Å². The second-order valence-electron chi connectivity index (χ2n) is 5.79. The van der Waals surface area contributed by atoms with Crippen molar-refractivity contribution < 1.29 is 14.7 Å². The molecule has 22 heavy (non-hydrogen) atoms. The number of hydrogen-bond acceptors (Lipinski definition) is 3. The second kappa shape index (κ2) is 7.94. The van der Waals surface area contributed by atoms with E-state index in [2.05, 4.69) is 17.1 Å². The van der Waals surface area contributed by atoms with Crippen LogP contribution in [0.4, 0.5) is 0 Å². The Bertz CT molecular complexity index is 522. The quantitative estimate of drug-likeness (QED) is 0.846. The third-order valence-corrected chi connectivity index (χ3v) is 4.15. The standard InChI is InChI=1S/C17H24N2O3/c1-2-3-10-19-11-8-13(9-12-19)18-16(20)14-6-4-5-7-15(14)17(21)22/h4-7,13H,2-3,8-12H2,1H3,(H,18,20)(H,21,22). The first kappa shape index (κ1) is 16.5. The van der Waals surface area contributed by atoms with E-state index < -0.39 is 5.97 Å². The molecule has 1 fully saturated rings. The van der Waals surface area contributed by atoms with Crippen LogP contribution in [-0.2, 0) is 0 Å². The number of carboxylic acids is 1. The number of carbonyl (C=O) groups is 2. The fourth-order valence-corrected chi connectivity index (χ4v) is 2.81. The van der Waals surface area contributed by atoms with Gasteiger partial charge in [-0.1, -0.05) is 25.5 Å². The third kappa shape index (κ3) is 4.31. The zero-order chi connectivity index (χ0) is 15.9. The zero-order valence-electron chi connectivity index (χ0n) is 13.0. The molecule has 1 aliphatic heterocycles. The van der Waals surface area contributed by atoms with Gasteiger partial charge >= 0.3 is 5.97 Å². The van der Waals surface area contributed by atoms with Crippen molar-refractivity contribution in [3.05, 3.63) is 35.4 Å². The molecule has 2 rings (SSSR count). The molecule has 5 nitrogen and oxygen atoms in total. The molecule has 1 aromatic carbocycles. The number of amides is 1. The number of piperidine rings is 1. The highest BCUT2D eigenvalue weighted by atomic mass is 16.4. The van der Waals surface area contributed by atoms with E-state index in [0.29, 0.717) is 0 Å². The van der Waals surface area contributed by atoms with Crippen LogP contribution in [0.3, 0.4) is 0 Å². The number of nitrogens with one attached hydrogen (secondary N) is 1. The van der Waals surface area contributed by atoms with Crippen molar-refractivity contribution in [2.24, 2.45) is 0 Å². The Morgan fingerprint density at radius 3 is 2.45 bits per heavy atom. The van der Waals surface area contributed by atoms with Crippen molar-refractivity contribution in [2.45, 2.75) is 38.6 Å². The van der Waals surface area contributed by atoms with E-state index in [-0.39, 0.29) is 23.1 Å². The molecule has 0 radical (unpaired) electrons. The van der Waals surface area contributed by atoms with Gasteiger partial charge in [-0.2, -0.15) is 0 Å². The monoisotopic (exact) mass is 304 g/mol. The number of carbonyl (C=O) groups excluding carboxylic acids is 1. The average molecular weight is 304 g/mol. The number of nitrogens with zero attached hydrogens (tertiary/aromatic N) is 1. The average Bonchev–Trinajstić information content (AvgIpc) is 2.54. The van der Waals surface area contributed by atoms with E-state index in [4.69, 9.17) is 5.11 Å². The Balaban J connectivity index is 1.90.